The van der Waals surface area contributed by atoms with E-state index < -0.39 is 15.3 Å². The molecule has 0 radical (unpaired) electrons. The quantitative estimate of drug-likeness (QED) is 0.568. The molecule has 3 aromatic rings. The van der Waals surface area contributed by atoms with E-state index in [2.05, 4.69) is 4.98 Å². The van der Waals surface area contributed by atoms with Gasteiger partial charge in [0.25, 0.3) is 0 Å². The lowest BCUT2D eigenvalue weighted by Crippen LogP contribution is -2.57. The highest BCUT2D eigenvalue weighted by atomic mass is 35.5. The molecule has 0 spiro atoms. The van der Waals surface area contributed by atoms with Crippen molar-refractivity contribution in [2.45, 2.75) is 10.1 Å². The van der Waals surface area contributed by atoms with Gasteiger partial charge in [0, 0.05) is 46.9 Å². The average Bonchev–Trinajstić information content (AvgIpc) is 3.09. The number of hydrogen-bond donors (Lipinski definition) is 0. The molecule has 0 atom stereocenters. The van der Waals surface area contributed by atoms with E-state index in [0.717, 1.165) is 15.8 Å². The van der Waals surface area contributed by atoms with Gasteiger partial charge in [0.05, 0.1) is 17.4 Å². The Hall–Kier alpha value is -2.41. The largest absolute Gasteiger partial charge is 0.456 e. The van der Waals surface area contributed by atoms with Gasteiger partial charge in [0.1, 0.15) is 16.6 Å². The van der Waals surface area contributed by atoms with Crippen molar-refractivity contribution in [1.29, 1.82) is 5.26 Å². The van der Waals surface area contributed by atoms with Crippen LogP contribution in [0.15, 0.2) is 46.0 Å². The van der Waals surface area contributed by atoms with E-state index in [9.17, 15) is 8.42 Å². The summed E-state index contributed by atoms with van der Waals surface area (Å²) in [5.74, 6) is 1.25. The lowest BCUT2D eigenvalue weighted by atomic mass is 10.2. The van der Waals surface area contributed by atoms with Gasteiger partial charge in [-0.1, -0.05) is 11.6 Å². The Morgan fingerprint density at radius 3 is 2.90 bits per heavy atom. The number of halogens is 1. The molecular formula is C19H15ClN4O3S2. The Bertz CT molecular complexity index is 1260. The van der Waals surface area contributed by atoms with Crippen LogP contribution in [-0.2, 0) is 10.0 Å². The normalized spacial score (nSPS) is 17.1. The summed E-state index contributed by atoms with van der Waals surface area (Å²) in [6.07, 6.45) is 5.27. The summed E-state index contributed by atoms with van der Waals surface area (Å²) in [7, 11) is -3.57. The first kappa shape index (κ1) is 18.6. The molecule has 148 valence electrons. The highest BCUT2D eigenvalue weighted by Crippen LogP contribution is 2.44. The Morgan fingerprint density at radius 2 is 2.10 bits per heavy atom. The molecule has 29 heavy (non-hydrogen) atoms. The predicted molar refractivity (Wildman–Crippen MR) is 112 cm³/mol. The van der Waals surface area contributed by atoms with Gasteiger partial charge in [-0.25, -0.2) is 8.42 Å². The molecule has 0 unspecified atom stereocenters. The van der Waals surface area contributed by atoms with E-state index in [0.29, 0.717) is 34.4 Å². The molecule has 10 heteroatoms. The van der Waals surface area contributed by atoms with Crippen molar-refractivity contribution in [3.8, 4) is 17.5 Å². The van der Waals surface area contributed by atoms with Gasteiger partial charge in [-0.05, 0) is 24.3 Å². The molecule has 2 aromatic heterocycles. The van der Waals surface area contributed by atoms with Crippen LogP contribution in [0.3, 0.4) is 0 Å². The van der Waals surface area contributed by atoms with Crippen LogP contribution in [0.4, 0.5) is 5.69 Å². The number of furan rings is 1. The van der Waals surface area contributed by atoms with Crippen molar-refractivity contribution in [2.75, 3.05) is 29.7 Å². The summed E-state index contributed by atoms with van der Waals surface area (Å²) in [4.78, 5) is 6.56. The van der Waals surface area contributed by atoms with Gasteiger partial charge in [-0.15, -0.1) is 11.8 Å². The molecule has 0 amide bonds. The van der Waals surface area contributed by atoms with E-state index in [4.69, 9.17) is 21.3 Å². The molecule has 4 heterocycles. The number of sulfonamides is 1. The number of pyridine rings is 1. The third kappa shape index (κ3) is 3.03. The maximum absolute atomic E-state index is 13.1. The fourth-order valence-electron chi connectivity index (χ4n) is 3.59. The van der Waals surface area contributed by atoms with Gasteiger partial charge < -0.3 is 9.32 Å². The number of fused-ring (bicyclic) bond motifs is 2. The lowest BCUT2D eigenvalue weighted by molar-refractivity contribution is 0.278. The van der Waals surface area contributed by atoms with E-state index in [1.807, 2.05) is 24.4 Å². The first-order valence-electron chi connectivity index (χ1n) is 8.94. The maximum Gasteiger partial charge on any atom is 0.241 e. The number of aromatic nitrogens is 1. The standard InChI is InChI=1S/C19H15ClN4O3S2/c20-13-1-2-17-12(5-13)6-18(27-17)15-7-22-8-16-19(15)28-4-3-24(16)29(25,26)14-9-23(10-14)11-21/h1-2,5-8,14H,3-4,9-10H2. The zero-order valence-electron chi connectivity index (χ0n) is 15.1. The minimum absolute atomic E-state index is 0.231. The second kappa shape index (κ2) is 6.83. The van der Waals surface area contributed by atoms with Crippen molar-refractivity contribution >= 4 is 50.0 Å². The monoisotopic (exact) mass is 446 g/mol. The molecule has 5 rings (SSSR count). The van der Waals surface area contributed by atoms with Crippen LogP contribution in [0.25, 0.3) is 22.3 Å². The number of hydrogen-bond acceptors (Lipinski definition) is 7. The molecule has 0 N–H and O–H groups in total. The van der Waals surface area contributed by atoms with E-state index in [-0.39, 0.29) is 13.1 Å². The van der Waals surface area contributed by atoms with Crippen LogP contribution in [0, 0.1) is 11.5 Å². The van der Waals surface area contributed by atoms with Crippen LogP contribution >= 0.6 is 23.4 Å². The van der Waals surface area contributed by atoms with Gasteiger partial charge in [0.2, 0.25) is 10.0 Å². The number of likely N-dealkylation sites (tertiary alicyclic amines) is 1. The van der Waals surface area contributed by atoms with Crippen LogP contribution in [-0.4, -0.2) is 48.9 Å². The number of nitriles is 1. The number of thioether (sulfide) groups is 1. The highest BCUT2D eigenvalue weighted by Gasteiger charge is 2.42. The molecule has 1 fully saturated rings. The van der Waals surface area contributed by atoms with Crippen molar-refractivity contribution in [2.24, 2.45) is 0 Å². The zero-order chi connectivity index (χ0) is 20.2. The van der Waals surface area contributed by atoms with Crippen LogP contribution in [0.2, 0.25) is 5.02 Å². The van der Waals surface area contributed by atoms with Crippen molar-refractivity contribution < 1.29 is 12.8 Å². The zero-order valence-corrected chi connectivity index (χ0v) is 17.5. The molecule has 0 saturated carbocycles. The Kier molecular flexibility index (Phi) is 4.38. The molecule has 1 saturated heterocycles. The van der Waals surface area contributed by atoms with Gasteiger partial charge in [-0.3, -0.25) is 9.29 Å². The molecule has 7 nitrogen and oxygen atoms in total. The van der Waals surface area contributed by atoms with E-state index in [1.165, 1.54) is 9.21 Å². The van der Waals surface area contributed by atoms with Gasteiger partial charge >= 0.3 is 0 Å². The summed E-state index contributed by atoms with van der Waals surface area (Å²) in [6, 6.07) is 7.30. The first-order chi connectivity index (χ1) is 14.0. The van der Waals surface area contributed by atoms with Crippen LogP contribution < -0.4 is 4.31 Å². The minimum atomic E-state index is -3.57. The summed E-state index contributed by atoms with van der Waals surface area (Å²) in [6.45, 7) is 0.842. The third-order valence-electron chi connectivity index (χ3n) is 5.15. The number of benzene rings is 1. The molecule has 1 aromatic carbocycles. The highest BCUT2D eigenvalue weighted by molar-refractivity contribution is 8.00. The lowest BCUT2D eigenvalue weighted by Gasteiger charge is -2.39. The summed E-state index contributed by atoms with van der Waals surface area (Å²) >= 11 is 7.66. The topological polar surface area (TPSA) is 90.4 Å². The van der Waals surface area contributed by atoms with Crippen LogP contribution in [0.5, 0.6) is 0 Å². The molecule has 2 aliphatic heterocycles. The summed E-state index contributed by atoms with van der Waals surface area (Å²) in [5.41, 5.74) is 2.03. The van der Waals surface area contributed by atoms with E-state index >= 15 is 0 Å². The molecule has 0 aliphatic carbocycles. The van der Waals surface area contributed by atoms with Crippen molar-refractivity contribution in [3.05, 3.63) is 41.7 Å². The molecule has 2 aliphatic rings. The minimum Gasteiger partial charge on any atom is -0.456 e. The van der Waals surface area contributed by atoms with Gasteiger partial charge in [-0.2, -0.15) is 5.26 Å². The van der Waals surface area contributed by atoms with Crippen LogP contribution in [0.1, 0.15) is 0 Å². The summed E-state index contributed by atoms with van der Waals surface area (Å²) in [5, 5.41) is 9.84. The predicted octanol–water partition coefficient (Wildman–Crippen LogP) is 3.56. The number of nitrogens with zero attached hydrogens (tertiary/aromatic N) is 4. The fourth-order valence-corrected chi connectivity index (χ4v) is 6.90. The Morgan fingerprint density at radius 1 is 1.28 bits per heavy atom. The summed E-state index contributed by atoms with van der Waals surface area (Å²) < 4.78 is 33.7. The number of anilines is 1. The van der Waals surface area contributed by atoms with Crippen molar-refractivity contribution in [3.63, 3.8) is 0 Å². The first-order valence-corrected chi connectivity index (χ1v) is 11.8. The fraction of sp³-hybridized carbons (Fsp3) is 0.263. The van der Waals surface area contributed by atoms with Gasteiger partial charge in [0.15, 0.2) is 6.19 Å². The van der Waals surface area contributed by atoms with E-state index in [1.54, 1.807) is 30.2 Å². The SMILES string of the molecule is N#CN1CC(S(=O)(=O)N2CCSc3c(-c4cc5cc(Cl)ccc5o4)cncc32)C1. The maximum atomic E-state index is 13.1. The molecule has 0 bridgehead atoms. The third-order valence-corrected chi connectivity index (χ3v) is 8.62. The smallest absolute Gasteiger partial charge is 0.241 e. The molecular weight excluding hydrogens is 432 g/mol. The average molecular weight is 447 g/mol. The Balaban J connectivity index is 1.56. The Labute approximate surface area is 176 Å². The second-order valence-corrected chi connectivity index (χ2v) is 10.6. The number of rotatable bonds is 3. The van der Waals surface area contributed by atoms with Crippen molar-refractivity contribution in [1.82, 2.24) is 9.88 Å². The second-order valence-electron chi connectivity index (χ2n) is 6.92.